The van der Waals surface area contributed by atoms with E-state index >= 15 is 0 Å². The van der Waals surface area contributed by atoms with Gasteiger partial charge in [-0.1, -0.05) is 6.07 Å². The zero-order chi connectivity index (χ0) is 17.6. The van der Waals surface area contributed by atoms with E-state index in [9.17, 15) is 18.8 Å². The highest BCUT2D eigenvalue weighted by Gasteiger charge is 2.33. The van der Waals surface area contributed by atoms with E-state index in [2.05, 4.69) is 0 Å². The zero-order valence-corrected chi connectivity index (χ0v) is 13.5. The predicted octanol–water partition coefficient (Wildman–Crippen LogP) is 2.87. The molecule has 0 fully saturated rings. The van der Waals surface area contributed by atoms with E-state index in [-0.39, 0.29) is 35.6 Å². The molecule has 1 aliphatic heterocycles. The lowest BCUT2D eigenvalue weighted by Crippen LogP contribution is -2.42. The van der Waals surface area contributed by atoms with Gasteiger partial charge in [0.25, 0.3) is 0 Å². The van der Waals surface area contributed by atoms with Crippen LogP contribution in [0, 0.1) is 5.82 Å². The average Bonchev–Trinajstić information content (AvgIpc) is 2.45. The molecule has 3 rings (SSSR count). The van der Waals surface area contributed by atoms with Crippen LogP contribution in [0.3, 0.4) is 0 Å². The number of fused-ring (bicyclic) bond motifs is 3. The Morgan fingerprint density at radius 2 is 1.92 bits per heavy atom. The maximum Gasteiger partial charge on any atom is 0.411 e. The number of hydrogen-bond acceptors (Lipinski definition) is 5. The van der Waals surface area contributed by atoms with E-state index in [1.54, 1.807) is 20.8 Å². The Balaban J connectivity index is 2.05. The number of nitrogens with zero attached hydrogens (tertiary/aromatic N) is 1. The van der Waals surface area contributed by atoms with E-state index in [1.807, 2.05) is 0 Å². The number of rotatable bonds is 0. The molecule has 1 aromatic carbocycles. The zero-order valence-electron chi connectivity index (χ0n) is 13.5. The van der Waals surface area contributed by atoms with E-state index < -0.39 is 23.1 Å². The molecule has 0 N–H and O–H groups in total. The average molecular weight is 333 g/mol. The van der Waals surface area contributed by atoms with Gasteiger partial charge in [0.2, 0.25) is 0 Å². The molecule has 126 valence electrons. The summed E-state index contributed by atoms with van der Waals surface area (Å²) in [6.45, 7) is 4.90. The smallest absolute Gasteiger partial charge is 0.411 e. The third kappa shape index (κ3) is 2.89. The minimum Gasteiger partial charge on any atom is -0.444 e. The van der Waals surface area contributed by atoms with E-state index in [0.29, 0.717) is 5.39 Å². The van der Waals surface area contributed by atoms with E-state index in [4.69, 9.17) is 9.15 Å². The van der Waals surface area contributed by atoms with E-state index in [0.717, 1.165) is 6.07 Å². The maximum absolute atomic E-state index is 13.3. The Kier molecular flexibility index (Phi) is 3.66. The molecule has 7 heteroatoms. The highest BCUT2D eigenvalue weighted by molar-refractivity contribution is 6.10. The molecule has 1 aliphatic rings. The number of Topliss-reactive ketones (excluding diaryl/α,β-unsaturated/α-hetero) is 1. The molecule has 0 bridgehead atoms. The van der Waals surface area contributed by atoms with Crippen molar-refractivity contribution in [1.82, 2.24) is 4.90 Å². The van der Waals surface area contributed by atoms with Crippen molar-refractivity contribution in [3.63, 3.8) is 0 Å². The molecule has 0 radical (unpaired) electrons. The second-order valence-corrected chi connectivity index (χ2v) is 6.64. The van der Waals surface area contributed by atoms with Gasteiger partial charge < -0.3 is 9.15 Å². The van der Waals surface area contributed by atoms with Gasteiger partial charge in [-0.15, -0.1) is 0 Å². The van der Waals surface area contributed by atoms with Gasteiger partial charge in [0.15, 0.2) is 5.78 Å². The third-order valence-electron chi connectivity index (χ3n) is 3.57. The summed E-state index contributed by atoms with van der Waals surface area (Å²) in [5.41, 5.74) is -1.24. The molecule has 0 saturated heterocycles. The molecule has 1 amide bonds. The van der Waals surface area contributed by atoms with Gasteiger partial charge in [0.05, 0.1) is 24.0 Å². The number of carbonyl (C=O) groups excluding carboxylic acids is 2. The first-order valence-corrected chi connectivity index (χ1v) is 7.42. The molecule has 0 aliphatic carbocycles. The van der Waals surface area contributed by atoms with Crippen LogP contribution >= 0.6 is 0 Å². The largest absolute Gasteiger partial charge is 0.444 e. The minimum atomic E-state index is -0.748. The molecule has 2 heterocycles. The van der Waals surface area contributed by atoms with Gasteiger partial charge in [-0.25, -0.2) is 14.0 Å². The first-order chi connectivity index (χ1) is 11.2. The van der Waals surface area contributed by atoms with Crippen molar-refractivity contribution in [2.75, 3.05) is 6.54 Å². The van der Waals surface area contributed by atoms with Crippen LogP contribution in [-0.4, -0.2) is 28.9 Å². The van der Waals surface area contributed by atoms with Crippen molar-refractivity contribution in [1.29, 1.82) is 0 Å². The van der Waals surface area contributed by atoms with Gasteiger partial charge in [-0.3, -0.25) is 9.69 Å². The van der Waals surface area contributed by atoms with Crippen LogP contribution in [-0.2, 0) is 11.3 Å². The summed E-state index contributed by atoms with van der Waals surface area (Å²) in [7, 11) is 0. The number of ether oxygens (including phenoxy) is 1. The molecule has 24 heavy (non-hydrogen) atoms. The van der Waals surface area contributed by atoms with Crippen molar-refractivity contribution < 1.29 is 23.1 Å². The first kappa shape index (κ1) is 16.2. The molecular formula is C17H16FNO5. The summed E-state index contributed by atoms with van der Waals surface area (Å²) in [4.78, 5) is 37.8. The molecule has 1 aromatic heterocycles. The van der Waals surface area contributed by atoms with Crippen LogP contribution in [0.1, 0.15) is 36.9 Å². The molecule has 0 saturated carbocycles. The fourth-order valence-electron chi connectivity index (χ4n) is 2.63. The Hall–Kier alpha value is -2.70. The van der Waals surface area contributed by atoms with Crippen LogP contribution in [0.15, 0.2) is 27.4 Å². The highest BCUT2D eigenvalue weighted by atomic mass is 19.1. The van der Waals surface area contributed by atoms with E-state index in [1.165, 1.54) is 17.0 Å². The second-order valence-electron chi connectivity index (χ2n) is 6.64. The predicted molar refractivity (Wildman–Crippen MR) is 83.4 cm³/mol. The number of amides is 1. The number of ketones is 1. The Bertz CT molecular complexity index is 910. The summed E-state index contributed by atoms with van der Waals surface area (Å²) in [5.74, 6) is -0.892. The van der Waals surface area contributed by atoms with Crippen molar-refractivity contribution in [2.45, 2.75) is 32.9 Å². The first-order valence-electron chi connectivity index (χ1n) is 7.42. The van der Waals surface area contributed by atoms with Crippen LogP contribution < -0.4 is 5.63 Å². The third-order valence-corrected chi connectivity index (χ3v) is 3.57. The summed E-state index contributed by atoms with van der Waals surface area (Å²) >= 11 is 0. The van der Waals surface area contributed by atoms with Crippen molar-refractivity contribution in [3.05, 3.63) is 45.8 Å². The highest BCUT2D eigenvalue weighted by Crippen LogP contribution is 2.26. The lowest BCUT2D eigenvalue weighted by Gasteiger charge is -2.29. The molecule has 6 nitrogen and oxygen atoms in total. The van der Waals surface area contributed by atoms with Crippen LogP contribution in [0.5, 0.6) is 0 Å². The maximum atomic E-state index is 13.3. The monoisotopic (exact) mass is 333 g/mol. The topological polar surface area (TPSA) is 76.8 Å². The quantitative estimate of drug-likeness (QED) is 0.741. The van der Waals surface area contributed by atoms with Crippen molar-refractivity contribution in [2.24, 2.45) is 0 Å². The second kappa shape index (κ2) is 5.43. The normalized spacial score (nSPS) is 14.7. The minimum absolute atomic E-state index is 0.00724. The Morgan fingerprint density at radius 1 is 1.21 bits per heavy atom. The SMILES string of the molecule is CC(C)(C)OC(=O)N1CC(=O)c2c(oc(=O)c3cc(F)ccc23)C1. The fourth-order valence-corrected chi connectivity index (χ4v) is 2.63. The fraction of sp³-hybridized carbons (Fsp3) is 0.353. The summed E-state index contributed by atoms with van der Waals surface area (Å²) in [6, 6.07) is 3.59. The molecule has 0 spiro atoms. The molecule has 0 atom stereocenters. The molecular weight excluding hydrogens is 317 g/mol. The summed E-state index contributed by atoms with van der Waals surface area (Å²) in [6.07, 6.45) is -0.664. The Morgan fingerprint density at radius 3 is 2.58 bits per heavy atom. The van der Waals surface area contributed by atoms with Gasteiger partial charge in [-0.05, 0) is 32.9 Å². The van der Waals surface area contributed by atoms with Crippen LogP contribution in [0.25, 0.3) is 10.8 Å². The van der Waals surface area contributed by atoms with Crippen molar-refractivity contribution >= 4 is 22.6 Å². The van der Waals surface area contributed by atoms with Gasteiger partial charge in [-0.2, -0.15) is 0 Å². The number of halogens is 1. The molecule has 2 aromatic rings. The standard InChI is InChI=1S/C17H16FNO5/c1-17(2,3)24-16(22)19-7-12(20)14-10-5-4-9(18)6-11(10)15(21)23-13(14)8-19/h4-6H,7-8H2,1-3H3. The Labute approximate surface area is 136 Å². The number of benzene rings is 1. The van der Waals surface area contributed by atoms with Gasteiger partial charge >= 0.3 is 11.7 Å². The van der Waals surface area contributed by atoms with Gasteiger partial charge in [0, 0.05) is 5.39 Å². The number of carbonyl (C=O) groups is 2. The summed E-state index contributed by atoms with van der Waals surface area (Å²) in [5, 5.41) is 0.337. The van der Waals surface area contributed by atoms with Crippen molar-refractivity contribution in [3.8, 4) is 0 Å². The lowest BCUT2D eigenvalue weighted by molar-refractivity contribution is 0.0203. The molecule has 0 unspecified atom stereocenters. The summed E-state index contributed by atoms with van der Waals surface area (Å²) < 4.78 is 23.7. The lowest BCUT2D eigenvalue weighted by atomic mass is 9.98. The van der Waals surface area contributed by atoms with Crippen LogP contribution in [0.4, 0.5) is 9.18 Å². The van der Waals surface area contributed by atoms with Gasteiger partial charge in [0.1, 0.15) is 17.2 Å². The number of hydrogen-bond donors (Lipinski definition) is 0. The van der Waals surface area contributed by atoms with Crippen LogP contribution in [0.2, 0.25) is 0 Å².